The van der Waals surface area contributed by atoms with E-state index < -0.39 is 0 Å². The lowest BCUT2D eigenvalue weighted by molar-refractivity contribution is -0.121. The van der Waals surface area contributed by atoms with Crippen LogP contribution in [0.2, 0.25) is 0 Å². The summed E-state index contributed by atoms with van der Waals surface area (Å²) in [6.07, 6.45) is 1.33. The van der Waals surface area contributed by atoms with E-state index in [0.29, 0.717) is 19.6 Å². The summed E-state index contributed by atoms with van der Waals surface area (Å²) in [5, 5.41) is 2.79. The van der Waals surface area contributed by atoms with Crippen molar-refractivity contribution in [3.63, 3.8) is 0 Å². The number of ether oxygens (including phenoxy) is 1. The highest BCUT2D eigenvalue weighted by Crippen LogP contribution is 2.01. The third kappa shape index (κ3) is 5.18. The number of amides is 1. The van der Waals surface area contributed by atoms with Crippen LogP contribution in [0.1, 0.15) is 12.0 Å². The lowest BCUT2D eigenvalue weighted by atomic mass is 10.1. The average Bonchev–Trinajstić information content (AvgIpc) is 2.28. The van der Waals surface area contributed by atoms with Crippen LogP contribution in [0.4, 0.5) is 0 Å². The number of hydrogen-bond acceptors (Lipinski definition) is 2. The van der Waals surface area contributed by atoms with Crippen LogP contribution in [0.5, 0.6) is 0 Å². The lowest BCUT2D eigenvalue weighted by Gasteiger charge is -2.04. The van der Waals surface area contributed by atoms with E-state index in [1.165, 1.54) is 5.56 Å². The first-order chi connectivity index (χ1) is 7.33. The maximum Gasteiger partial charge on any atom is 0.220 e. The summed E-state index contributed by atoms with van der Waals surface area (Å²) < 4.78 is 4.84. The first-order valence-corrected chi connectivity index (χ1v) is 5.12. The molecule has 3 nitrogen and oxygen atoms in total. The Morgan fingerprint density at radius 1 is 1.33 bits per heavy atom. The van der Waals surface area contributed by atoms with Crippen molar-refractivity contribution in [1.82, 2.24) is 5.32 Å². The molecule has 0 saturated heterocycles. The molecular formula is C12H17NO2. The molecule has 0 atom stereocenters. The molecule has 1 rings (SSSR count). The van der Waals surface area contributed by atoms with Crippen LogP contribution in [-0.2, 0) is 16.0 Å². The Hall–Kier alpha value is -1.35. The van der Waals surface area contributed by atoms with Crippen LogP contribution < -0.4 is 5.32 Å². The minimum atomic E-state index is 0.0795. The first-order valence-electron chi connectivity index (χ1n) is 5.12. The number of carbonyl (C=O) groups is 1. The highest BCUT2D eigenvalue weighted by atomic mass is 16.5. The highest BCUT2D eigenvalue weighted by Gasteiger charge is 2.00. The molecule has 1 aromatic rings. The molecule has 3 heteroatoms. The van der Waals surface area contributed by atoms with E-state index in [-0.39, 0.29) is 5.91 Å². The molecule has 0 heterocycles. The van der Waals surface area contributed by atoms with Gasteiger partial charge in [0.2, 0.25) is 5.91 Å². The van der Waals surface area contributed by atoms with Crippen LogP contribution >= 0.6 is 0 Å². The Balaban J connectivity index is 2.17. The molecule has 82 valence electrons. The SMILES string of the molecule is COCCNC(=O)CCc1ccccc1. The summed E-state index contributed by atoms with van der Waals surface area (Å²) in [6, 6.07) is 10.0. The molecule has 1 aromatic carbocycles. The highest BCUT2D eigenvalue weighted by molar-refractivity contribution is 5.76. The van der Waals surface area contributed by atoms with Crippen molar-refractivity contribution >= 4 is 5.91 Å². The largest absolute Gasteiger partial charge is 0.383 e. The van der Waals surface area contributed by atoms with Crippen molar-refractivity contribution in [3.8, 4) is 0 Å². The molecule has 15 heavy (non-hydrogen) atoms. The van der Waals surface area contributed by atoms with E-state index in [1.54, 1.807) is 7.11 Å². The summed E-state index contributed by atoms with van der Waals surface area (Å²) in [4.78, 5) is 11.3. The van der Waals surface area contributed by atoms with Gasteiger partial charge in [0.1, 0.15) is 0 Å². The second kappa shape index (κ2) is 7.01. The van der Waals surface area contributed by atoms with Gasteiger partial charge in [0.05, 0.1) is 6.61 Å². The van der Waals surface area contributed by atoms with Crippen molar-refractivity contribution in [2.75, 3.05) is 20.3 Å². The molecule has 0 saturated carbocycles. The van der Waals surface area contributed by atoms with Crippen molar-refractivity contribution in [3.05, 3.63) is 35.9 Å². The van der Waals surface area contributed by atoms with E-state index in [4.69, 9.17) is 4.74 Å². The quantitative estimate of drug-likeness (QED) is 0.716. The standard InChI is InChI=1S/C12H17NO2/c1-15-10-9-13-12(14)8-7-11-5-3-2-4-6-11/h2-6H,7-10H2,1H3,(H,13,14). The minimum Gasteiger partial charge on any atom is -0.383 e. The summed E-state index contributed by atoms with van der Waals surface area (Å²) in [5.41, 5.74) is 1.19. The van der Waals surface area contributed by atoms with Crippen LogP contribution in [0.25, 0.3) is 0 Å². The van der Waals surface area contributed by atoms with Gasteiger partial charge in [-0.25, -0.2) is 0 Å². The second-order valence-corrected chi connectivity index (χ2v) is 3.33. The third-order valence-electron chi connectivity index (χ3n) is 2.11. The summed E-state index contributed by atoms with van der Waals surface area (Å²) in [7, 11) is 1.62. The number of nitrogens with one attached hydrogen (secondary N) is 1. The van der Waals surface area contributed by atoms with Gasteiger partial charge in [-0.2, -0.15) is 0 Å². The molecule has 0 radical (unpaired) electrons. The molecule has 0 fully saturated rings. The number of aryl methyl sites for hydroxylation is 1. The molecule has 1 amide bonds. The number of methoxy groups -OCH3 is 1. The molecule has 0 aromatic heterocycles. The van der Waals surface area contributed by atoms with Gasteiger partial charge in [-0.1, -0.05) is 30.3 Å². The zero-order valence-corrected chi connectivity index (χ0v) is 9.03. The zero-order chi connectivity index (χ0) is 10.9. The maximum atomic E-state index is 11.3. The van der Waals surface area contributed by atoms with Crippen molar-refractivity contribution < 1.29 is 9.53 Å². The van der Waals surface area contributed by atoms with Gasteiger partial charge in [-0.3, -0.25) is 4.79 Å². The van der Waals surface area contributed by atoms with Crippen LogP contribution in [-0.4, -0.2) is 26.2 Å². The summed E-state index contributed by atoms with van der Waals surface area (Å²) >= 11 is 0. The van der Waals surface area contributed by atoms with Crippen molar-refractivity contribution in [2.45, 2.75) is 12.8 Å². The second-order valence-electron chi connectivity index (χ2n) is 3.33. The van der Waals surface area contributed by atoms with Gasteiger partial charge in [0.15, 0.2) is 0 Å². The molecule has 0 unspecified atom stereocenters. The normalized spacial score (nSPS) is 9.93. The van der Waals surface area contributed by atoms with E-state index in [2.05, 4.69) is 5.32 Å². The molecule has 0 aliphatic rings. The fraction of sp³-hybridized carbons (Fsp3) is 0.417. The lowest BCUT2D eigenvalue weighted by Crippen LogP contribution is -2.27. The van der Waals surface area contributed by atoms with Gasteiger partial charge in [-0.05, 0) is 12.0 Å². The van der Waals surface area contributed by atoms with Gasteiger partial charge in [-0.15, -0.1) is 0 Å². The Kier molecular flexibility index (Phi) is 5.48. The number of carbonyl (C=O) groups excluding carboxylic acids is 1. The Labute approximate surface area is 90.4 Å². The Bertz CT molecular complexity index is 285. The number of hydrogen-bond donors (Lipinski definition) is 1. The van der Waals surface area contributed by atoms with Gasteiger partial charge < -0.3 is 10.1 Å². The van der Waals surface area contributed by atoms with E-state index in [0.717, 1.165) is 6.42 Å². The topological polar surface area (TPSA) is 38.3 Å². The van der Waals surface area contributed by atoms with E-state index >= 15 is 0 Å². The average molecular weight is 207 g/mol. The van der Waals surface area contributed by atoms with E-state index in [1.807, 2.05) is 30.3 Å². The minimum absolute atomic E-state index is 0.0795. The van der Waals surface area contributed by atoms with Gasteiger partial charge >= 0.3 is 0 Å². The molecule has 0 bridgehead atoms. The fourth-order valence-electron chi connectivity index (χ4n) is 1.28. The molecule has 0 aliphatic heterocycles. The predicted molar refractivity (Wildman–Crippen MR) is 59.6 cm³/mol. The van der Waals surface area contributed by atoms with Gasteiger partial charge in [0.25, 0.3) is 0 Å². The summed E-state index contributed by atoms with van der Waals surface area (Å²) in [6.45, 7) is 1.15. The van der Waals surface area contributed by atoms with Crippen molar-refractivity contribution in [2.24, 2.45) is 0 Å². The van der Waals surface area contributed by atoms with Gasteiger partial charge in [0, 0.05) is 20.1 Å². The first kappa shape index (κ1) is 11.7. The van der Waals surface area contributed by atoms with Crippen LogP contribution in [0.3, 0.4) is 0 Å². The van der Waals surface area contributed by atoms with Crippen LogP contribution in [0.15, 0.2) is 30.3 Å². The molecule has 0 spiro atoms. The number of benzene rings is 1. The summed E-state index contributed by atoms with van der Waals surface area (Å²) in [5.74, 6) is 0.0795. The maximum absolute atomic E-state index is 11.3. The monoisotopic (exact) mass is 207 g/mol. The molecular weight excluding hydrogens is 190 g/mol. The fourth-order valence-corrected chi connectivity index (χ4v) is 1.28. The van der Waals surface area contributed by atoms with Crippen LogP contribution in [0, 0.1) is 0 Å². The third-order valence-corrected chi connectivity index (χ3v) is 2.11. The Morgan fingerprint density at radius 3 is 2.73 bits per heavy atom. The predicted octanol–water partition coefficient (Wildman–Crippen LogP) is 1.38. The molecule has 0 aliphatic carbocycles. The zero-order valence-electron chi connectivity index (χ0n) is 9.03. The van der Waals surface area contributed by atoms with Crippen molar-refractivity contribution in [1.29, 1.82) is 0 Å². The molecule has 1 N–H and O–H groups in total. The smallest absolute Gasteiger partial charge is 0.220 e. The number of rotatable bonds is 6. The van der Waals surface area contributed by atoms with E-state index in [9.17, 15) is 4.79 Å². The Morgan fingerprint density at radius 2 is 2.07 bits per heavy atom.